The summed E-state index contributed by atoms with van der Waals surface area (Å²) in [6.45, 7) is 3.87. The number of aryl methyl sites for hydroxylation is 1. The Morgan fingerprint density at radius 1 is 1.33 bits per heavy atom. The Labute approximate surface area is 125 Å². The number of para-hydroxylation sites is 1. The van der Waals surface area contributed by atoms with E-state index in [0.29, 0.717) is 5.92 Å². The van der Waals surface area contributed by atoms with Crippen molar-refractivity contribution in [3.63, 3.8) is 0 Å². The highest BCUT2D eigenvalue weighted by Crippen LogP contribution is 2.28. The maximum absolute atomic E-state index is 5.79. The molecular weight excluding hydrogens is 262 g/mol. The Kier molecular flexibility index (Phi) is 4.48. The van der Waals surface area contributed by atoms with Crippen molar-refractivity contribution in [2.24, 2.45) is 11.8 Å². The molecule has 0 saturated carbocycles. The second-order valence-corrected chi connectivity index (χ2v) is 5.89. The van der Waals surface area contributed by atoms with Gasteiger partial charge in [-0.2, -0.15) is 0 Å². The van der Waals surface area contributed by atoms with Gasteiger partial charge in [-0.1, -0.05) is 18.2 Å². The monoisotopic (exact) mass is 285 g/mol. The molecule has 1 aromatic heterocycles. The van der Waals surface area contributed by atoms with Gasteiger partial charge in [0.25, 0.3) is 0 Å². The molecule has 1 aliphatic rings. The number of nitrogens with two attached hydrogens (primary N) is 1. The zero-order chi connectivity index (χ0) is 14.7. The van der Waals surface area contributed by atoms with Crippen LogP contribution in [0.1, 0.15) is 36.6 Å². The third-order valence-corrected chi connectivity index (χ3v) is 4.41. The summed E-state index contributed by atoms with van der Waals surface area (Å²) in [4.78, 5) is 4.80. The summed E-state index contributed by atoms with van der Waals surface area (Å²) in [5.74, 6) is 6.46. The summed E-state index contributed by atoms with van der Waals surface area (Å²) in [6.07, 6.45) is 3.25. The van der Waals surface area contributed by atoms with E-state index in [2.05, 4.69) is 36.6 Å². The Morgan fingerprint density at radius 2 is 2.10 bits per heavy atom. The molecule has 1 aliphatic heterocycles. The highest BCUT2D eigenvalue weighted by atomic mass is 16.5. The maximum Gasteiger partial charge on any atom is 0.0708 e. The Morgan fingerprint density at radius 3 is 2.86 bits per heavy atom. The molecule has 0 bridgehead atoms. The number of pyridine rings is 1. The van der Waals surface area contributed by atoms with Crippen molar-refractivity contribution in [3.8, 4) is 0 Å². The first-order chi connectivity index (χ1) is 10.3. The van der Waals surface area contributed by atoms with Crippen molar-refractivity contribution in [1.29, 1.82) is 0 Å². The Hall–Kier alpha value is -1.49. The summed E-state index contributed by atoms with van der Waals surface area (Å²) in [7, 11) is 0. The average Bonchev–Trinajstić information content (AvgIpc) is 2.53. The van der Waals surface area contributed by atoms with E-state index in [9.17, 15) is 0 Å². The van der Waals surface area contributed by atoms with Gasteiger partial charge in [-0.3, -0.25) is 16.3 Å². The van der Waals surface area contributed by atoms with Gasteiger partial charge in [-0.25, -0.2) is 0 Å². The molecule has 0 aliphatic carbocycles. The quantitative estimate of drug-likeness (QED) is 0.670. The van der Waals surface area contributed by atoms with Crippen molar-refractivity contribution < 1.29 is 4.74 Å². The van der Waals surface area contributed by atoms with E-state index < -0.39 is 0 Å². The van der Waals surface area contributed by atoms with Gasteiger partial charge in [0.1, 0.15) is 0 Å². The highest BCUT2D eigenvalue weighted by Gasteiger charge is 2.21. The lowest BCUT2D eigenvalue weighted by Crippen LogP contribution is -2.31. The van der Waals surface area contributed by atoms with E-state index in [4.69, 9.17) is 15.6 Å². The van der Waals surface area contributed by atoms with Gasteiger partial charge in [-0.05, 0) is 49.8 Å². The summed E-state index contributed by atoms with van der Waals surface area (Å²) in [6, 6.07) is 10.5. The van der Waals surface area contributed by atoms with E-state index >= 15 is 0 Å². The van der Waals surface area contributed by atoms with Crippen LogP contribution in [0, 0.1) is 12.8 Å². The lowest BCUT2D eigenvalue weighted by Gasteiger charge is -2.26. The number of rotatable bonds is 4. The van der Waals surface area contributed by atoms with Crippen LogP contribution >= 0.6 is 0 Å². The smallest absolute Gasteiger partial charge is 0.0708 e. The zero-order valence-corrected chi connectivity index (χ0v) is 12.5. The number of nitrogens with zero attached hydrogens (tertiary/aromatic N) is 1. The fourth-order valence-electron chi connectivity index (χ4n) is 3.14. The molecular formula is C17H23N3O. The van der Waals surface area contributed by atoms with E-state index in [1.54, 1.807) is 0 Å². The molecule has 2 heterocycles. The van der Waals surface area contributed by atoms with Crippen molar-refractivity contribution >= 4 is 10.9 Å². The highest BCUT2D eigenvalue weighted by molar-refractivity contribution is 5.82. The van der Waals surface area contributed by atoms with E-state index in [1.165, 1.54) is 10.9 Å². The minimum atomic E-state index is 0.108. The van der Waals surface area contributed by atoms with E-state index in [1.807, 2.05) is 6.07 Å². The molecule has 3 rings (SSSR count). The minimum absolute atomic E-state index is 0.108. The third kappa shape index (κ3) is 3.23. The van der Waals surface area contributed by atoms with Gasteiger partial charge in [0, 0.05) is 18.6 Å². The number of benzene rings is 1. The number of hydrogen-bond acceptors (Lipinski definition) is 4. The van der Waals surface area contributed by atoms with Gasteiger partial charge in [0.15, 0.2) is 0 Å². The van der Waals surface area contributed by atoms with Crippen LogP contribution < -0.4 is 11.3 Å². The fraction of sp³-hybridized carbons (Fsp3) is 0.471. The molecule has 0 radical (unpaired) electrons. The second kappa shape index (κ2) is 6.52. The van der Waals surface area contributed by atoms with Crippen molar-refractivity contribution in [2.75, 3.05) is 13.2 Å². The standard InChI is InChI=1S/C17H23N3O/c1-12-10-16(19-15-5-3-2-4-14(12)15)17(20-18)11-13-6-8-21-9-7-13/h2-5,10,13,17,20H,6-9,11,18H2,1H3. The largest absolute Gasteiger partial charge is 0.381 e. The van der Waals surface area contributed by atoms with E-state index in [0.717, 1.165) is 43.7 Å². The molecule has 1 atom stereocenters. The Bertz CT molecular complexity index is 608. The van der Waals surface area contributed by atoms with Crippen LogP contribution in [0.4, 0.5) is 0 Å². The van der Waals surface area contributed by atoms with Gasteiger partial charge < -0.3 is 4.74 Å². The first-order valence-corrected chi connectivity index (χ1v) is 7.68. The van der Waals surface area contributed by atoms with Crippen LogP contribution in [0.5, 0.6) is 0 Å². The number of aromatic nitrogens is 1. The molecule has 4 heteroatoms. The van der Waals surface area contributed by atoms with Gasteiger partial charge in [-0.15, -0.1) is 0 Å². The lowest BCUT2D eigenvalue weighted by molar-refractivity contribution is 0.0603. The molecule has 1 fully saturated rings. The molecule has 0 amide bonds. The predicted molar refractivity (Wildman–Crippen MR) is 84.7 cm³/mol. The van der Waals surface area contributed by atoms with Crippen LogP contribution in [-0.2, 0) is 4.74 Å². The van der Waals surface area contributed by atoms with Crippen LogP contribution in [0.25, 0.3) is 10.9 Å². The lowest BCUT2D eigenvalue weighted by atomic mass is 9.91. The average molecular weight is 285 g/mol. The zero-order valence-electron chi connectivity index (χ0n) is 12.5. The van der Waals surface area contributed by atoms with E-state index in [-0.39, 0.29) is 6.04 Å². The molecule has 1 saturated heterocycles. The number of ether oxygens (including phenoxy) is 1. The molecule has 2 aromatic rings. The fourth-order valence-corrected chi connectivity index (χ4v) is 3.14. The summed E-state index contributed by atoms with van der Waals surface area (Å²) in [5, 5.41) is 1.21. The number of hydrogen-bond donors (Lipinski definition) is 2. The molecule has 1 aromatic carbocycles. The van der Waals surface area contributed by atoms with Gasteiger partial charge in [0.05, 0.1) is 17.3 Å². The second-order valence-electron chi connectivity index (χ2n) is 5.89. The molecule has 0 spiro atoms. The topological polar surface area (TPSA) is 60.2 Å². The molecule has 112 valence electrons. The minimum Gasteiger partial charge on any atom is -0.381 e. The normalized spacial score (nSPS) is 18.0. The summed E-state index contributed by atoms with van der Waals surface area (Å²) >= 11 is 0. The van der Waals surface area contributed by atoms with Gasteiger partial charge >= 0.3 is 0 Å². The van der Waals surface area contributed by atoms with Crippen LogP contribution in [0.2, 0.25) is 0 Å². The third-order valence-electron chi connectivity index (χ3n) is 4.41. The van der Waals surface area contributed by atoms with Crippen molar-refractivity contribution in [2.45, 2.75) is 32.2 Å². The number of hydrazine groups is 1. The molecule has 21 heavy (non-hydrogen) atoms. The Balaban J connectivity index is 1.85. The predicted octanol–water partition coefficient (Wildman–Crippen LogP) is 2.86. The number of nitrogens with one attached hydrogen (secondary N) is 1. The molecule has 4 nitrogen and oxygen atoms in total. The summed E-state index contributed by atoms with van der Waals surface area (Å²) in [5.41, 5.74) is 6.29. The SMILES string of the molecule is Cc1cc(C(CC2CCOCC2)NN)nc2ccccc12. The first kappa shape index (κ1) is 14.4. The summed E-state index contributed by atoms with van der Waals surface area (Å²) < 4.78 is 5.43. The van der Waals surface area contributed by atoms with Crippen LogP contribution in [-0.4, -0.2) is 18.2 Å². The molecule has 3 N–H and O–H groups in total. The van der Waals surface area contributed by atoms with Crippen molar-refractivity contribution in [1.82, 2.24) is 10.4 Å². The van der Waals surface area contributed by atoms with Crippen LogP contribution in [0.3, 0.4) is 0 Å². The van der Waals surface area contributed by atoms with Crippen LogP contribution in [0.15, 0.2) is 30.3 Å². The number of fused-ring (bicyclic) bond motifs is 1. The molecule has 1 unspecified atom stereocenters. The maximum atomic E-state index is 5.79. The van der Waals surface area contributed by atoms with Crippen molar-refractivity contribution in [3.05, 3.63) is 41.6 Å². The van der Waals surface area contributed by atoms with Gasteiger partial charge in [0.2, 0.25) is 0 Å². The first-order valence-electron chi connectivity index (χ1n) is 7.68.